The van der Waals surface area contributed by atoms with Gasteiger partial charge in [-0.15, -0.1) is 11.3 Å². The number of aryl methyl sites for hydroxylation is 2. The van der Waals surface area contributed by atoms with E-state index in [9.17, 15) is 0 Å². The quantitative estimate of drug-likeness (QED) is 0.842. The van der Waals surface area contributed by atoms with Gasteiger partial charge in [0.25, 0.3) is 0 Å². The number of thiophene rings is 1. The average Bonchev–Trinajstić information content (AvgIpc) is 2.72. The zero-order chi connectivity index (χ0) is 13.1. The SMILES string of the molecule is Cc1ccc(C(C)NCc2cc(Cl)cs2)c(C)c1. The molecular formula is C15H18ClNS. The third-order valence-electron chi connectivity index (χ3n) is 3.10. The summed E-state index contributed by atoms with van der Waals surface area (Å²) in [5.74, 6) is 0. The molecule has 0 fully saturated rings. The third-order valence-corrected chi connectivity index (χ3v) is 4.38. The second-order valence-electron chi connectivity index (χ2n) is 4.69. The van der Waals surface area contributed by atoms with Gasteiger partial charge in [-0.05, 0) is 38.0 Å². The molecule has 1 atom stereocenters. The highest BCUT2D eigenvalue weighted by atomic mass is 35.5. The van der Waals surface area contributed by atoms with Gasteiger partial charge in [0.15, 0.2) is 0 Å². The van der Waals surface area contributed by atoms with E-state index in [0.717, 1.165) is 11.6 Å². The van der Waals surface area contributed by atoms with Crippen molar-refractivity contribution in [2.75, 3.05) is 0 Å². The summed E-state index contributed by atoms with van der Waals surface area (Å²) in [5, 5.41) is 6.34. The summed E-state index contributed by atoms with van der Waals surface area (Å²) in [7, 11) is 0. The Kier molecular flexibility index (Phi) is 4.44. The van der Waals surface area contributed by atoms with E-state index < -0.39 is 0 Å². The minimum Gasteiger partial charge on any atom is -0.305 e. The van der Waals surface area contributed by atoms with Crippen molar-refractivity contribution in [2.45, 2.75) is 33.4 Å². The summed E-state index contributed by atoms with van der Waals surface area (Å²) >= 11 is 7.62. The van der Waals surface area contributed by atoms with Crippen molar-refractivity contribution >= 4 is 22.9 Å². The van der Waals surface area contributed by atoms with Crippen molar-refractivity contribution in [2.24, 2.45) is 0 Å². The fraction of sp³-hybridized carbons (Fsp3) is 0.333. The van der Waals surface area contributed by atoms with Crippen LogP contribution in [0.5, 0.6) is 0 Å². The Morgan fingerprint density at radius 3 is 2.67 bits per heavy atom. The Hall–Kier alpha value is -0.830. The van der Waals surface area contributed by atoms with Crippen LogP contribution in [0.2, 0.25) is 5.02 Å². The minimum absolute atomic E-state index is 0.353. The number of hydrogen-bond donors (Lipinski definition) is 1. The monoisotopic (exact) mass is 279 g/mol. The number of nitrogens with one attached hydrogen (secondary N) is 1. The molecule has 0 bridgehead atoms. The molecule has 0 amide bonds. The molecule has 2 aromatic rings. The van der Waals surface area contributed by atoms with Crippen LogP contribution in [0.3, 0.4) is 0 Å². The molecule has 96 valence electrons. The Morgan fingerprint density at radius 2 is 2.06 bits per heavy atom. The molecule has 3 heteroatoms. The first-order valence-corrected chi connectivity index (χ1v) is 7.35. The largest absolute Gasteiger partial charge is 0.305 e. The summed E-state index contributed by atoms with van der Waals surface area (Å²) in [5.41, 5.74) is 4.02. The highest BCUT2D eigenvalue weighted by Crippen LogP contribution is 2.22. The first kappa shape index (κ1) is 13.6. The van der Waals surface area contributed by atoms with E-state index in [4.69, 9.17) is 11.6 Å². The molecule has 0 saturated carbocycles. The molecule has 1 aromatic heterocycles. The number of benzene rings is 1. The molecule has 2 rings (SSSR count). The van der Waals surface area contributed by atoms with E-state index >= 15 is 0 Å². The molecule has 0 aliphatic rings. The van der Waals surface area contributed by atoms with Crippen molar-refractivity contribution < 1.29 is 0 Å². The van der Waals surface area contributed by atoms with Gasteiger partial charge < -0.3 is 5.32 Å². The lowest BCUT2D eigenvalue weighted by molar-refractivity contribution is 0.576. The van der Waals surface area contributed by atoms with E-state index in [2.05, 4.69) is 44.3 Å². The first-order valence-electron chi connectivity index (χ1n) is 6.09. The van der Waals surface area contributed by atoms with E-state index in [1.807, 2.05) is 11.4 Å². The van der Waals surface area contributed by atoms with Crippen LogP contribution in [0, 0.1) is 13.8 Å². The first-order chi connectivity index (χ1) is 8.56. The van der Waals surface area contributed by atoms with Gasteiger partial charge in [0.2, 0.25) is 0 Å². The number of rotatable bonds is 4. The predicted octanol–water partition coefficient (Wildman–Crippen LogP) is 4.87. The molecule has 0 saturated heterocycles. The summed E-state index contributed by atoms with van der Waals surface area (Å²) in [6.07, 6.45) is 0. The normalized spacial score (nSPS) is 12.7. The lowest BCUT2D eigenvalue weighted by Gasteiger charge is -2.16. The standard InChI is InChI=1S/C15H18ClNS/c1-10-4-5-15(11(2)6-10)12(3)17-8-14-7-13(16)9-18-14/h4-7,9,12,17H,8H2,1-3H3. The molecule has 1 aromatic carbocycles. The van der Waals surface area contributed by atoms with E-state index in [1.54, 1.807) is 11.3 Å². The molecular weight excluding hydrogens is 262 g/mol. The molecule has 0 spiro atoms. The lowest BCUT2D eigenvalue weighted by atomic mass is 10.0. The van der Waals surface area contributed by atoms with Crippen LogP contribution in [-0.4, -0.2) is 0 Å². The molecule has 1 unspecified atom stereocenters. The van der Waals surface area contributed by atoms with Gasteiger partial charge in [-0.25, -0.2) is 0 Å². The fourth-order valence-corrected chi connectivity index (χ4v) is 3.15. The summed E-state index contributed by atoms with van der Waals surface area (Å²) in [4.78, 5) is 1.27. The van der Waals surface area contributed by atoms with Crippen molar-refractivity contribution in [1.82, 2.24) is 5.32 Å². The van der Waals surface area contributed by atoms with Crippen LogP contribution in [-0.2, 0) is 6.54 Å². The fourth-order valence-electron chi connectivity index (χ4n) is 2.12. The Morgan fingerprint density at radius 1 is 1.28 bits per heavy atom. The average molecular weight is 280 g/mol. The predicted molar refractivity (Wildman–Crippen MR) is 80.5 cm³/mol. The summed E-state index contributed by atoms with van der Waals surface area (Å²) in [6.45, 7) is 7.36. The number of halogens is 1. The smallest absolute Gasteiger partial charge is 0.0516 e. The van der Waals surface area contributed by atoms with Gasteiger partial charge in [-0.1, -0.05) is 35.4 Å². The molecule has 1 N–H and O–H groups in total. The summed E-state index contributed by atoms with van der Waals surface area (Å²) in [6, 6.07) is 8.99. The van der Waals surface area contributed by atoms with Crippen molar-refractivity contribution in [3.63, 3.8) is 0 Å². The molecule has 0 aliphatic heterocycles. The third kappa shape index (κ3) is 3.35. The van der Waals surface area contributed by atoms with Crippen molar-refractivity contribution in [1.29, 1.82) is 0 Å². The zero-order valence-corrected chi connectivity index (χ0v) is 12.5. The van der Waals surface area contributed by atoms with Gasteiger partial charge in [-0.3, -0.25) is 0 Å². The highest BCUT2D eigenvalue weighted by molar-refractivity contribution is 7.10. The number of hydrogen-bond acceptors (Lipinski definition) is 2. The van der Waals surface area contributed by atoms with Crippen LogP contribution in [0.1, 0.15) is 34.5 Å². The van der Waals surface area contributed by atoms with Gasteiger partial charge in [0, 0.05) is 22.8 Å². The second-order valence-corrected chi connectivity index (χ2v) is 6.13. The Bertz CT molecular complexity index is 533. The van der Waals surface area contributed by atoms with Gasteiger partial charge >= 0.3 is 0 Å². The zero-order valence-electron chi connectivity index (χ0n) is 11.0. The molecule has 0 aliphatic carbocycles. The lowest BCUT2D eigenvalue weighted by Crippen LogP contribution is -2.18. The van der Waals surface area contributed by atoms with Gasteiger partial charge in [0.05, 0.1) is 5.02 Å². The van der Waals surface area contributed by atoms with Crippen LogP contribution in [0.4, 0.5) is 0 Å². The minimum atomic E-state index is 0.353. The maximum Gasteiger partial charge on any atom is 0.0516 e. The maximum atomic E-state index is 5.92. The molecule has 1 nitrogen and oxygen atoms in total. The van der Waals surface area contributed by atoms with E-state index in [-0.39, 0.29) is 0 Å². The van der Waals surface area contributed by atoms with E-state index in [1.165, 1.54) is 21.6 Å². The van der Waals surface area contributed by atoms with Crippen LogP contribution < -0.4 is 5.32 Å². The maximum absolute atomic E-state index is 5.92. The second kappa shape index (κ2) is 5.87. The van der Waals surface area contributed by atoms with Crippen molar-refractivity contribution in [3.05, 3.63) is 56.2 Å². The topological polar surface area (TPSA) is 12.0 Å². The Balaban J connectivity index is 2.01. The van der Waals surface area contributed by atoms with E-state index in [0.29, 0.717) is 6.04 Å². The highest BCUT2D eigenvalue weighted by Gasteiger charge is 2.08. The van der Waals surface area contributed by atoms with Crippen LogP contribution in [0.15, 0.2) is 29.6 Å². The molecule has 0 radical (unpaired) electrons. The molecule has 1 heterocycles. The van der Waals surface area contributed by atoms with Gasteiger partial charge in [0.1, 0.15) is 0 Å². The van der Waals surface area contributed by atoms with Crippen molar-refractivity contribution in [3.8, 4) is 0 Å². The van der Waals surface area contributed by atoms with Gasteiger partial charge in [-0.2, -0.15) is 0 Å². The van der Waals surface area contributed by atoms with Crippen LogP contribution >= 0.6 is 22.9 Å². The Labute approximate surface area is 118 Å². The summed E-state index contributed by atoms with van der Waals surface area (Å²) < 4.78 is 0. The van der Waals surface area contributed by atoms with Crippen LogP contribution in [0.25, 0.3) is 0 Å². The molecule has 18 heavy (non-hydrogen) atoms.